The van der Waals surface area contributed by atoms with E-state index in [1.165, 1.54) is 6.08 Å². The van der Waals surface area contributed by atoms with Crippen molar-refractivity contribution in [1.29, 1.82) is 0 Å². The minimum atomic E-state index is -0.488. The van der Waals surface area contributed by atoms with E-state index in [0.29, 0.717) is 0 Å². The van der Waals surface area contributed by atoms with Crippen LogP contribution in [0.3, 0.4) is 0 Å². The van der Waals surface area contributed by atoms with Crippen molar-refractivity contribution < 1.29 is 14.6 Å². The van der Waals surface area contributed by atoms with Gasteiger partial charge in [0.1, 0.15) is 12.4 Å². The number of rotatable bonds is 6. The third kappa shape index (κ3) is 3.64. The summed E-state index contributed by atoms with van der Waals surface area (Å²) in [6.07, 6.45) is 5.12. The number of benzene rings is 2. The Hall–Kier alpha value is -3.11. The van der Waals surface area contributed by atoms with Crippen molar-refractivity contribution in [2.45, 2.75) is 13.8 Å². The molecule has 4 nitrogen and oxygen atoms in total. The van der Waals surface area contributed by atoms with Crippen LogP contribution >= 0.6 is 0 Å². The number of hydrogen-bond acceptors (Lipinski definition) is 3. The van der Waals surface area contributed by atoms with Crippen molar-refractivity contribution >= 4 is 28.3 Å². The van der Waals surface area contributed by atoms with E-state index in [1.807, 2.05) is 30.8 Å². The first-order chi connectivity index (χ1) is 13.3. The second-order valence-electron chi connectivity index (χ2n) is 6.98. The molecular formula is C24H25NO3. The van der Waals surface area contributed by atoms with Gasteiger partial charge < -0.3 is 14.4 Å². The molecule has 0 saturated heterocycles. The smallest absolute Gasteiger partial charge is 0.181 e. The molecular weight excluding hydrogens is 350 g/mol. The van der Waals surface area contributed by atoms with Gasteiger partial charge in [-0.05, 0) is 72.0 Å². The van der Waals surface area contributed by atoms with Crippen LogP contribution in [0.1, 0.15) is 27.8 Å². The Morgan fingerprint density at radius 1 is 1.21 bits per heavy atom. The Kier molecular flexibility index (Phi) is 5.52. The summed E-state index contributed by atoms with van der Waals surface area (Å²) in [5.74, 6) is 0.530. The van der Waals surface area contributed by atoms with Gasteiger partial charge in [0.2, 0.25) is 0 Å². The molecule has 0 aliphatic heterocycles. The van der Waals surface area contributed by atoms with Gasteiger partial charge in [-0.3, -0.25) is 4.79 Å². The molecule has 2 aromatic carbocycles. The van der Waals surface area contributed by atoms with E-state index in [9.17, 15) is 4.79 Å². The number of aliphatic hydroxyl groups excluding tert-OH is 1. The fourth-order valence-corrected chi connectivity index (χ4v) is 3.36. The molecule has 28 heavy (non-hydrogen) atoms. The van der Waals surface area contributed by atoms with E-state index >= 15 is 0 Å². The minimum Gasteiger partial charge on any atom is -0.496 e. The molecule has 0 saturated carbocycles. The summed E-state index contributed by atoms with van der Waals surface area (Å²) in [5.41, 5.74) is 7.20. The number of ketones is 1. The van der Waals surface area contributed by atoms with Gasteiger partial charge in [0.05, 0.1) is 7.11 Å². The molecule has 4 heteroatoms. The molecule has 1 aromatic heterocycles. The summed E-state index contributed by atoms with van der Waals surface area (Å²) < 4.78 is 7.52. The predicted octanol–water partition coefficient (Wildman–Crippen LogP) is 4.44. The van der Waals surface area contributed by atoms with Gasteiger partial charge >= 0.3 is 0 Å². The fourth-order valence-electron chi connectivity index (χ4n) is 3.36. The second kappa shape index (κ2) is 7.87. The van der Waals surface area contributed by atoms with Crippen LogP contribution in [0.2, 0.25) is 0 Å². The number of methoxy groups -OCH3 is 1. The highest BCUT2D eigenvalue weighted by molar-refractivity contribution is 5.99. The average molecular weight is 375 g/mol. The number of aryl methyl sites for hydroxylation is 2. The number of aromatic nitrogens is 1. The fraction of sp³-hybridized carbons (Fsp3) is 0.208. The van der Waals surface area contributed by atoms with Gasteiger partial charge in [-0.1, -0.05) is 18.7 Å². The largest absolute Gasteiger partial charge is 0.496 e. The van der Waals surface area contributed by atoms with Crippen LogP contribution in [0.5, 0.6) is 5.75 Å². The number of fused-ring (bicyclic) bond motifs is 1. The first-order valence-electron chi connectivity index (χ1n) is 9.11. The summed E-state index contributed by atoms with van der Waals surface area (Å²) >= 11 is 0. The monoisotopic (exact) mass is 375 g/mol. The third-order valence-electron chi connectivity index (χ3n) is 5.16. The Morgan fingerprint density at radius 2 is 1.96 bits per heavy atom. The van der Waals surface area contributed by atoms with Crippen LogP contribution in [-0.4, -0.2) is 29.2 Å². The van der Waals surface area contributed by atoms with Gasteiger partial charge in [-0.15, -0.1) is 0 Å². The standard InChI is InChI=1S/C24H25NO3/c1-15-10-20(12-24(28-5)16(15)2)17(3)18-7-9-23-22(11-18)19(13-25(23)4)6-8-21(27)14-26/h6-13,26H,3,14H2,1-2,4-5H3/b8-6+. The van der Waals surface area contributed by atoms with Crippen molar-refractivity contribution in [3.63, 3.8) is 0 Å². The zero-order chi connectivity index (χ0) is 20.4. The van der Waals surface area contributed by atoms with E-state index in [0.717, 1.165) is 50.0 Å². The molecule has 0 atom stereocenters. The Labute approximate surface area is 165 Å². The number of carbonyl (C=O) groups is 1. The highest BCUT2D eigenvalue weighted by Gasteiger charge is 2.11. The number of ether oxygens (including phenoxy) is 1. The normalized spacial score (nSPS) is 11.3. The molecule has 0 aliphatic rings. The van der Waals surface area contributed by atoms with E-state index in [2.05, 4.69) is 37.8 Å². The summed E-state index contributed by atoms with van der Waals surface area (Å²) in [6.45, 7) is 7.93. The van der Waals surface area contributed by atoms with Crippen LogP contribution in [-0.2, 0) is 11.8 Å². The first-order valence-corrected chi connectivity index (χ1v) is 9.11. The molecule has 0 radical (unpaired) electrons. The minimum absolute atomic E-state index is 0.320. The predicted molar refractivity (Wildman–Crippen MR) is 115 cm³/mol. The van der Waals surface area contributed by atoms with Gasteiger partial charge in [0, 0.05) is 29.7 Å². The summed E-state index contributed by atoms with van der Waals surface area (Å²) in [4.78, 5) is 11.4. The molecule has 1 heterocycles. The quantitative estimate of drug-likeness (QED) is 0.648. The van der Waals surface area contributed by atoms with Crippen LogP contribution in [0.4, 0.5) is 0 Å². The number of hydrogen-bond donors (Lipinski definition) is 1. The zero-order valence-electron chi connectivity index (χ0n) is 16.7. The first kappa shape index (κ1) is 19.6. The van der Waals surface area contributed by atoms with Crippen molar-refractivity contribution in [2.24, 2.45) is 7.05 Å². The lowest BCUT2D eigenvalue weighted by molar-refractivity contribution is -0.117. The van der Waals surface area contributed by atoms with E-state index in [4.69, 9.17) is 9.84 Å². The summed E-state index contributed by atoms with van der Waals surface area (Å²) in [7, 11) is 3.65. The van der Waals surface area contributed by atoms with Gasteiger partial charge in [-0.25, -0.2) is 0 Å². The average Bonchev–Trinajstić information content (AvgIpc) is 3.02. The SMILES string of the molecule is C=C(c1cc(C)c(C)c(OC)c1)c1ccc2c(c1)c(/C=C/C(=O)CO)cn2C. The number of carbonyl (C=O) groups excluding carboxylic acids is 1. The highest BCUT2D eigenvalue weighted by atomic mass is 16.5. The molecule has 1 N–H and O–H groups in total. The van der Waals surface area contributed by atoms with Gasteiger partial charge in [0.25, 0.3) is 0 Å². The second-order valence-corrected chi connectivity index (χ2v) is 6.98. The molecule has 3 rings (SSSR count). The third-order valence-corrected chi connectivity index (χ3v) is 5.16. The van der Waals surface area contributed by atoms with Crippen molar-refractivity contribution in [3.8, 4) is 5.75 Å². The molecule has 0 aliphatic carbocycles. The molecule has 0 spiro atoms. The van der Waals surface area contributed by atoms with E-state index in [1.54, 1.807) is 13.2 Å². The molecule has 0 bridgehead atoms. The highest BCUT2D eigenvalue weighted by Crippen LogP contribution is 2.32. The lowest BCUT2D eigenvalue weighted by Gasteiger charge is -2.13. The Balaban J connectivity index is 2.07. The van der Waals surface area contributed by atoms with Crippen molar-refractivity contribution in [3.05, 3.63) is 77.0 Å². The molecule has 0 amide bonds. The lowest BCUT2D eigenvalue weighted by Crippen LogP contribution is -1.97. The topological polar surface area (TPSA) is 51.5 Å². The maximum atomic E-state index is 11.4. The van der Waals surface area contributed by atoms with Crippen LogP contribution in [0.25, 0.3) is 22.6 Å². The maximum Gasteiger partial charge on any atom is 0.181 e. The summed E-state index contributed by atoms with van der Waals surface area (Å²) in [5, 5.41) is 9.96. The zero-order valence-corrected chi connectivity index (χ0v) is 16.7. The van der Waals surface area contributed by atoms with Crippen LogP contribution < -0.4 is 4.74 Å². The number of nitrogens with zero attached hydrogens (tertiary/aromatic N) is 1. The van der Waals surface area contributed by atoms with Crippen molar-refractivity contribution in [2.75, 3.05) is 13.7 Å². The van der Waals surface area contributed by atoms with Gasteiger partial charge in [0.15, 0.2) is 5.78 Å². The molecule has 0 fully saturated rings. The Morgan fingerprint density at radius 3 is 2.64 bits per heavy atom. The lowest BCUT2D eigenvalue weighted by atomic mass is 9.94. The molecule has 144 valence electrons. The maximum absolute atomic E-state index is 11.4. The molecule has 0 unspecified atom stereocenters. The Bertz CT molecular complexity index is 1100. The van der Waals surface area contributed by atoms with Crippen LogP contribution in [0.15, 0.2) is 49.2 Å². The van der Waals surface area contributed by atoms with E-state index in [-0.39, 0.29) is 5.78 Å². The number of aliphatic hydroxyl groups is 1. The van der Waals surface area contributed by atoms with Gasteiger partial charge in [-0.2, -0.15) is 0 Å². The van der Waals surface area contributed by atoms with E-state index < -0.39 is 6.61 Å². The molecule has 3 aromatic rings. The summed E-state index contributed by atoms with van der Waals surface area (Å²) in [6, 6.07) is 10.3. The van der Waals surface area contributed by atoms with Crippen LogP contribution in [0, 0.1) is 13.8 Å². The van der Waals surface area contributed by atoms with Crippen molar-refractivity contribution in [1.82, 2.24) is 4.57 Å².